The average molecular weight is 290 g/mol. The van der Waals surface area contributed by atoms with E-state index in [0.29, 0.717) is 24.8 Å². The Balaban J connectivity index is 1.73. The van der Waals surface area contributed by atoms with Crippen LogP contribution < -0.4 is 11.1 Å². The zero-order valence-electron chi connectivity index (χ0n) is 11.4. The van der Waals surface area contributed by atoms with Gasteiger partial charge in [-0.05, 0) is 12.6 Å². The minimum atomic E-state index is 0.00819. The van der Waals surface area contributed by atoms with E-state index in [1.165, 1.54) is 11.3 Å². The van der Waals surface area contributed by atoms with Crippen LogP contribution in [0.4, 0.5) is 5.13 Å². The fraction of sp³-hybridized carbons (Fsp3) is 0.286. The highest BCUT2D eigenvalue weighted by Crippen LogP contribution is 2.15. The van der Waals surface area contributed by atoms with Crippen molar-refractivity contribution in [2.24, 2.45) is 0 Å². The van der Waals surface area contributed by atoms with E-state index in [2.05, 4.69) is 10.3 Å². The number of hydrogen-bond donors (Lipinski definition) is 2. The summed E-state index contributed by atoms with van der Waals surface area (Å²) in [5.74, 6) is 0.00819. The van der Waals surface area contributed by atoms with E-state index < -0.39 is 0 Å². The number of thiazole rings is 1. The quantitative estimate of drug-likeness (QED) is 0.845. The predicted octanol–water partition coefficient (Wildman–Crippen LogP) is 1.47. The molecule has 6 heteroatoms. The Kier molecular flexibility index (Phi) is 5.09. The summed E-state index contributed by atoms with van der Waals surface area (Å²) >= 11 is 1.45. The van der Waals surface area contributed by atoms with Crippen molar-refractivity contribution >= 4 is 22.4 Å². The normalized spacial score (nSPS) is 10.7. The molecule has 0 fully saturated rings. The molecule has 0 aliphatic heterocycles. The van der Waals surface area contributed by atoms with Crippen LogP contribution in [0.15, 0.2) is 36.5 Å². The number of carbonyl (C=O) groups excluding carboxylic acids is 1. The molecule has 0 aliphatic rings. The first-order valence-electron chi connectivity index (χ1n) is 6.33. The number of hydrogen-bond acceptors (Lipinski definition) is 5. The van der Waals surface area contributed by atoms with Gasteiger partial charge in [0.15, 0.2) is 5.13 Å². The molecule has 20 heavy (non-hydrogen) atoms. The molecule has 0 radical (unpaired) electrons. The first-order valence-corrected chi connectivity index (χ1v) is 7.14. The van der Waals surface area contributed by atoms with Gasteiger partial charge in [-0.15, -0.1) is 11.3 Å². The van der Waals surface area contributed by atoms with Crippen LogP contribution in [0.25, 0.3) is 0 Å². The highest BCUT2D eigenvalue weighted by molar-refractivity contribution is 7.15. The monoisotopic (exact) mass is 290 g/mol. The molecule has 3 N–H and O–H groups in total. The van der Waals surface area contributed by atoms with Crippen molar-refractivity contribution in [1.29, 1.82) is 0 Å². The Morgan fingerprint density at radius 3 is 2.80 bits per heavy atom. The highest BCUT2D eigenvalue weighted by atomic mass is 32.1. The summed E-state index contributed by atoms with van der Waals surface area (Å²) in [7, 11) is 1.90. The Bertz CT molecular complexity index is 555. The minimum Gasteiger partial charge on any atom is -0.375 e. The second-order valence-corrected chi connectivity index (χ2v) is 5.75. The number of benzene rings is 1. The van der Waals surface area contributed by atoms with E-state index in [0.717, 1.165) is 10.4 Å². The average Bonchev–Trinajstić information content (AvgIpc) is 2.83. The van der Waals surface area contributed by atoms with E-state index in [1.54, 1.807) is 6.20 Å². The molecule has 0 saturated carbocycles. The van der Waals surface area contributed by atoms with Crippen LogP contribution in [0.5, 0.6) is 0 Å². The zero-order chi connectivity index (χ0) is 14.4. The number of anilines is 1. The molecule has 0 saturated heterocycles. The van der Waals surface area contributed by atoms with Crippen molar-refractivity contribution in [3.8, 4) is 0 Å². The summed E-state index contributed by atoms with van der Waals surface area (Å²) < 4.78 is 0. The van der Waals surface area contributed by atoms with Gasteiger partial charge in [-0.25, -0.2) is 4.98 Å². The van der Waals surface area contributed by atoms with Crippen LogP contribution in [-0.4, -0.2) is 29.4 Å². The molecule has 0 aliphatic carbocycles. The lowest BCUT2D eigenvalue weighted by molar-refractivity contribution is -0.122. The molecule has 5 nitrogen and oxygen atoms in total. The number of nitrogens with two attached hydrogens (primary N) is 1. The third-order valence-corrected chi connectivity index (χ3v) is 3.55. The lowest BCUT2D eigenvalue weighted by Crippen LogP contribution is -2.34. The number of nitrogens with one attached hydrogen (secondary N) is 1. The van der Waals surface area contributed by atoms with Gasteiger partial charge in [0, 0.05) is 24.2 Å². The third-order valence-electron chi connectivity index (χ3n) is 2.74. The Labute approximate surface area is 122 Å². The van der Waals surface area contributed by atoms with Gasteiger partial charge in [0.25, 0.3) is 0 Å². The van der Waals surface area contributed by atoms with Gasteiger partial charge in [0.1, 0.15) is 0 Å². The second kappa shape index (κ2) is 7.02. The summed E-state index contributed by atoms with van der Waals surface area (Å²) in [6.07, 6.45) is 1.75. The molecule has 2 aromatic rings. The zero-order valence-corrected chi connectivity index (χ0v) is 12.2. The summed E-state index contributed by atoms with van der Waals surface area (Å²) in [5, 5.41) is 3.46. The van der Waals surface area contributed by atoms with Gasteiger partial charge in [-0.3, -0.25) is 9.69 Å². The fourth-order valence-electron chi connectivity index (χ4n) is 1.82. The highest BCUT2D eigenvalue weighted by Gasteiger charge is 2.08. The van der Waals surface area contributed by atoms with E-state index in [4.69, 9.17) is 5.73 Å². The number of amides is 1. The van der Waals surface area contributed by atoms with Crippen molar-refractivity contribution in [2.45, 2.75) is 13.1 Å². The van der Waals surface area contributed by atoms with Crippen molar-refractivity contribution in [3.63, 3.8) is 0 Å². The smallest absolute Gasteiger partial charge is 0.234 e. The van der Waals surface area contributed by atoms with E-state index in [1.807, 2.05) is 42.3 Å². The van der Waals surface area contributed by atoms with Gasteiger partial charge in [-0.2, -0.15) is 0 Å². The topological polar surface area (TPSA) is 71.2 Å². The van der Waals surface area contributed by atoms with E-state index in [-0.39, 0.29) is 5.91 Å². The molecule has 0 bridgehead atoms. The summed E-state index contributed by atoms with van der Waals surface area (Å²) in [6, 6.07) is 9.86. The summed E-state index contributed by atoms with van der Waals surface area (Å²) in [4.78, 5) is 18.8. The molecular formula is C14H18N4OS. The van der Waals surface area contributed by atoms with Gasteiger partial charge in [0.05, 0.1) is 6.54 Å². The molecule has 0 spiro atoms. The fourth-order valence-corrected chi connectivity index (χ4v) is 2.58. The Morgan fingerprint density at radius 2 is 2.15 bits per heavy atom. The molecule has 1 aromatic heterocycles. The molecular weight excluding hydrogens is 272 g/mol. The van der Waals surface area contributed by atoms with Gasteiger partial charge < -0.3 is 11.1 Å². The van der Waals surface area contributed by atoms with Crippen LogP contribution in [0, 0.1) is 0 Å². The number of likely N-dealkylation sites (N-methyl/N-ethyl adjacent to an activating group) is 1. The van der Waals surface area contributed by atoms with E-state index >= 15 is 0 Å². The number of nitrogens with zero attached hydrogens (tertiary/aromatic N) is 2. The van der Waals surface area contributed by atoms with Gasteiger partial charge in [0.2, 0.25) is 5.91 Å². The van der Waals surface area contributed by atoms with E-state index in [9.17, 15) is 4.79 Å². The standard InChI is InChI=1S/C14H18N4OS/c1-18(9-12-8-17-14(15)20-12)10-13(19)16-7-11-5-3-2-4-6-11/h2-6,8H,7,9-10H2,1H3,(H2,15,17)(H,16,19). The number of nitrogen functional groups attached to an aromatic ring is 1. The lowest BCUT2D eigenvalue weighted by Gasteiger charge is -2.15. The number of aromatic nitrogens is 1. The maximum atomic E-state index is 11.8. The van der Waals surface area contributed by atoms with Crippen LogP contribution in [0.1, 0.15) is 10.4 Å². The first kappa shape index (κ1) is 14.5. The molecule has 0 atom stereocenters. The maximum absolute atomic E-state index is 11.8. The first-order chi connectivity index (χ1) is 9.63. The minimum absolute atomic E-state index is 0.00819. The van der Waals surface area contributed by atoms with Crippen molar-refractivity contribution in [3.05, 3.63) is 47.0 Å². The third kappa shape index (κ3) is 4.64. The largest absolute Gasteiger partial charge is 0.375 e. The number of rotatable bonds is 6. The van der Waals surface area contributed by atoms with Crippen molar-refractivity contribution in [2.75, 3.05) is 19.3 Å². The SMILES string of the molecule is CN(CC(=O)NCc1ccccc1)Cc1cnc(N)s1. The maximum Gasteiger partial charge on any atom is 0.234 e. The second-order valence-electron chi connectivity index (χ2n) is 4.60. The summed E-state index contributed by atoms with van der Waals surface area (Å²) in [5.41, 5.74) is 6.67. The Morgan fingerprint density at radius 1 is 1.40 bits per heavy atom. The molecule has 2 rings (SSSR count). The molecule has 1 heterocycles. The van der Waals surface area contributed by atoms with Crippen LogP contribution in [-0.2, 0) is 17.9 Å². The number of carbonyl (C=O) groups is 1. The van der Waals surface area contributed by atoms with Gasteiger partial charge in [-0.1, -0.05) is 30.3 Å². The van der Waals surface area contributed by atoms with Crippen LogP contribution in [0.3, 0.4) is 0 Å². The van der Waals surface area contributed by atoms with Crippen molar-refractivity contribution in [1.82, 2.24) is 15.2 Å². The molecule has 1 amide bonds. The van der Waals surface area contributed by atoms with Crippen LogP contribution in [0.2, 0.25) is 0 Å². The van der Waals surface area contributed by atoms with Gasteiger partial charge >= 0.3 is 0 Å². The predicted molar refractivity (Wildman–Crippen MR) is 81.1 cm³/mol. The molecule has 0 unspecified atom stereocenters. The Hall–Kier alpha value is -1.92. The summed E-state index contributed by atoms with van der Waals surface area (Å²) in [6.45, 7) is 1.58. The van der Waals surface area contributed by atoms with Crippen LogP contribution >= 0.6 is 11.3 Å². The lowest BCUT2D eigenvalue weighted by atomic mass is 10.2. The van der Waals surface area contributed by atoms with Crippen molar-refractivity contribution < 1.29 is 4.79 Å². The molecule has 1 aromatic carbocycles. The molecule has 106 valence electrons.